The lowest BCUT2D eigenvalue weighted by molar-refractivity contribution is -0.134. The van der Waals surface area contributed by atoms with Gasteiger partial charge in [-0.05, 0) is 25.2 Å². The number of aliphatic hydroxyl groups excluding tert-OH is 1. The van der Waals surface area contributed by atoms with Crippen molar-refractivity contribution in [3.63, 3.8) is 0 Å². The van der Waals surface area contributed by atoms with Crippen LogP contribution in [0.3, 0.4) is 0 Å². The van der Waals surface area contributed by atoms with Gasteiger partial charge in [-0.15, -0.1) is 0 Å². The first-order valence-electron chi connectivity index (χ1n) is 8.11. The first-order valence-corrected chi connectivity index (χ1v) is 8.11. The minimum Gasteiger partial charge on any atom is -0.391 e. The van der Waals surface area contributed by atoms with E-state index in [-0.39, 0.29) is 11.8 Å². The Bertz CT molecular complexity index is 421. The van der Waals surface area contributed by atoms with Crippen molar-refractivity contribution >= 4 is 11.8 Å². The fourth-order valence-corrected chi connectivity index (χ4v) is 2.05. The molecule has 0 spiro atoms. The van der Waals surface area contributed by atoms with Gasteiger partial charge in [0, 0.05) is 0 Å². The number of aliphatic hydroxyl groups is 2. The maximum atomic E-state index is 12.4. The molecule has 0 saturated carbocycles. The predicted octanol–water partition coefficient (Wildman–Crippen LogP) is -2.07. The predicted molar refractivity (Wildman–Crippen MR) is 91.1 cm³/mol. The summed E-state index contributed by atoms with van der Waals surface area (Å²) in [5, 5.41) is 24.5. The topological polar surface area (TPSA) is 177 Å². The third-order valence-corrected chi connectivity index (χ3v) is 3.67. The molecule has 0 unspecified atom stereocenters. The van der Waals surface area contributed by atoms with Gasteiger partial charge < -0.3 is 26.6 Å². The van der Waals surface area contributed by atoms with Gasteiger partial charge in [0.05, 0.1) is 18.2 Å². The SMILES string of the molecule is CC(C)C[C@H](NC(=O)[C@@H](NC(=O)[C@@H](N)C(C)C)[C@@H](C)O)C(N)(N)O. The van der Waals surface area contributed by atoms with Crippen LogP contribution in [-0.2, 0) is 9.59 Å². The molecule has 4 atom stereocenters. The lowest BCUT2D eigenvalue weighted by Crippen LogP contribution is -2.67. The van der Waals surface area contributed by atoms with Crippen molar-refractivity contribution in [2.45, 2.75) is 71.1 Å². The average Bonchev–Trinajstić information content (AvgIpc) is 2.40. The first kappa shape index (κ1) is 22.7. The van der Waals surface area contributed by atoms with Gasteiger partial charge in [-0.2, -0.15) is 0 Å². The lowest BCUT2D eigenvalue weighted by Gasteiger charge is -2.33. The second-order valence-corrected chi connectivity index (χ2v) is 7.07. The summed E-state index contributed by atoms with van der Waals surface area (Å²) in [6.45, 7) is 8.65. The van der Waals surface area contributed by atoms with E-state index >= 15 is 0 Å². The van der Waals surface area contributed by atoms with Gasteiger partial charge in [0.25, 0.3) is 0 Å². The standard InChI is InChI=1S/C15H33N5O4/c1-7(2)6-10(15(17,18)24)19-14(23)12(9(5)21)20-13(22)11(16)8(3)4/h7-12,21,24H,6,16-18H2,1-5H3,(H,19,23)(H,20,22)/t9-,10+,11+,12+/m1/s1. The molecule has 0 fully saturated rings. The second-order valence-electron chi connectivity index (χ2n) is 7.07. The Kier molecular flexibility index (Phi) is 8.80. The summed E-state index contributed by atoms with van der Waals surface area (Å²) in [7, 11) is 0. The van der Waals surface area contributed by atoms with Crippen LogP contribution in [0.25, 0.3) is 0 Å². The molecule has 0 aliphatic heterocycles. The van der Waals surface area contributed by atoms with Crippen LogP contribution in [-0.4, -0.2) is 52.1 Å². The third-order valence-electron chi connectivity index (χ3n) is 3.67. The highest BCUT2D eigenvalue weighted by Crippen LogP contribution is 2.11. The largest absolute Gasteiger partial charge is 0.391 e. The van der Waals surface area contributed by atoms with Crippen molar-refractivity contribution in [1.82, 2.24) is 10.6 Å². The third kappa shape index (κ3) is 7.54. The molecule has 0 aliphatic carbocycles. The van der Waals surface area contributed by atoms with Gasteiger partial charge in [0.2, 0.25) is 11.8 Å². The molecule has 0 aromatic rings. The molecular formula is C15H33N5O4. The quantitative estimate of drug-likeness (QED) is 0.234. The molecular weight excluding hydrogens is 314 g/mol. The molecule has 0 bridgehead atoms. The second kappa shape index (κ2) is 9.28. The van der Waals surface area contributed by atoms with E-state index in [4.69, 9.17) is 17.2 Å². The highest BCUT2D eigenvalue weighted by Gasteiger charge is 2.35. The minimum absolute atomic E-state index is 0.0999. The number of nitrogens with two attached hydrogens (primary N) is 3. The molecule has 9 nitrogen and oxygen atoms in total. The maximum absolute atomic E-state index is 12.4. The van der Waals surface area contributed by atoms with Gasteiger partial charge in [-0.25, -0.2) is 0 Å². The van der Waals surface area contributed by atoms with Crippen LogP contribution in [0.15, 0.2) is 0 Å². The number of rotatable bonds is 9. The molecule has 10 N–H and O–H groups in total. The van der Waals surface area contributed by atoms with E-state index < -0.39 is 41.9 Å². The van der Waals surface area contributed by atoms with Crippen LogP contribution in [0.4, 0.5) is 0 Å². The van der Waals surface area contributed by atoms with Gasteiger partial charge in [-0.1, -0.05) is 27.7 Å². The molecule has 0 aromatic heterocycles. The average molecular weight is 347 g/mol. The van der Waals surface area contributed by atoms with Gasteiger partial charge in [-0.3, -0.25) is 21.1 Å². The molecule has 0 heterocycles. The number of nitrogens with one attached hydrogen (secondary N) is 2. The van der Waals surface area contributed by atoms with E-state index in [0.29, 0.717) is 6.42 Å². The van der Waals surface area contributed by atoms with Gasteiger partial charge in [0.15, 0.2) is 5.85 Å². The zero-order chi connectivity index (χ0) is 19.2. The van der Waals surface area contributed by atoms with Crippen molar-refractivity contribution in [3.05, 3.63) is 0 Å². The van der Waals surface area contributed by atoms with Crippen LogP contribution >= 0.6 is 0 Å². The molecule has 0 saturated heterocycles. The molecule has 2 amide bonds. The maximum Gasteiger partial charge on any atom is 0.245 e. The van der Waals surface area contributed by atoms with E-state index in [9.17, 15) is 19.8 Å². The minimum atomic E-state index is -2.12. The molecule has 0 aliphatic rings. The van der Waals surface area contributed by atoms with E-state index in [1.165, 1.54) is 6.92 Å². The summed E-state index contributed by atoms with van der Waals surface area (Å²) < 4.78 is 0. The Hall–Kier alpha value is -1.26. The van der Waals surface area contributed by atoms with Crippen LogP contribution < -0.4 is 27.8 Å². The molecule has 0 radical (unpaired) electrons. The number of hydrogen-bond donors (Lipinski definition) is 7. The molecule has 0 rings (SSSR count). The highest BCUT2D eigenvalue weighted by atomic mass is 16.3. The van der Waals surface area contributed by atoms with E-state index in [1.54, 1.807) is 13.8 Å². The Morgan fingerprint density at radius 1 is 1.04 bits per heavy atom. The normalized spacial score (nSPS) is 17.3. The zero-order valence-corrected chi connectivity index (χ0v) is 15.1. The van der Waals surface area contributed by atoms with E-state index in [0.717, 1.165) is 0 Å². The van der Waals surface area contributed by atoms with Crippen LogP contribution in [0.2, 0.25) is 0 Å². The van der Waals surface area contributed by atoms with Crippen molar-refractivity contribution in [2.24, 2.45) is 29.0 Å². The molecule has 9 heteroatoms. The fraction of sp³-hybridized carbons (Fsp3) is 0.867. The molecule has 0 aromatic carbocycles. The lowest BCUT2D eigenvalue weighted by atomic mass is 9.99. The van der Waals surface area contributed by atoms with Gasteiger partial charge in [0.1, 0.15) is 6.04 Å². The van der Waals surface area contributed by atoms with Crippen LogP contribution in [0, 0.1) is 11.8 Å². The Balaban J connectivity index is 5.11. The van der Waals surface area contributed by atoms with E-state index in [2.05, 4.69) is 10.6 Å². The smallest absolute Gasteiger partial charge is 0.245 e. The summed E-state index contributed by atoms with van der Waals surface area (Å²) >= 11 is 0. The summed E-state index contributed by atoms with van der Waals surface area (Å²) in [4.78, 5) is 24.4. The Morgan fingerprint density at radius 2 is 1.54 bits per heavy atom. The number of carbonyl (C=O) groups excluding carboxylic acids is 2. The monoisotopic (exact) mass is 347 g/mol. The summed E-state index contributed by atoms with van der Waals surface area (Å²) in [5.74, 6) is -3.41. The number of amides is 2. The fourth-order valence-electron chi connectivity index (χ4n) is 2.05. The van der Waals surface area contributed by atoms with Crippen LogP contribution in [0.5, 0.6) is 0 Å². The van der Waals surface area contributed by atoms with Crippen molar-refractivity contribution in [1.29, 1.82) is 0 Å². The van der Waals surface area contributed by atoms with Crippen molar-refractivity contribution in [3.8, 4) is 0 Å². The highest BCUT2D eigenvalue weighted by molar-refractivity contribution is 5.90. The summed E-state index contributed by atoms with van der Waals surface area (Å²) in [6, 6.07) is -2.99. The summed E-state index contributed by atoms with van der Waals surface area (Å²) in [6.07, 6.45) is -0.849. The zero-order valence-electron chi connectivity index (χ0n) is 15.1. The Labute approximate surface area is 143 Å². The molecule has 142 valence electrons. The van der Waals surface area contributed by atoms with Crippen molar-refractivity contribution < 1.29 is 19.8 Å². The first-order chi connectivity index (χ1) is 10.8. The van der Waals surface area contributed by atoms with Gasteiger partial charge >= 0.3 is 0 Å². The Morgan fingerprint density at radius 3 is 1.88 bits per heavy atom. The van der Waals surface area contributed by atoms with E-state index in [1.807, 2.05) is 13.8 Å². The summed E-state index contributed by atoms with van der Waals surface area (Å²) in [5.41, 5.74) is 16.7. The molecule has 24 heavy (non-hydrogen) atoms. The van der Waals surface area contributed by atoms with Crippen LogP contribution in [0.1, 0.15) is 41.0 Å². The number of carbonyl (C=O) groups is 2. The van der Waals surface area contributed by atoms with Crippen molar-refractivity contribution in [2.75, 3.05) is 0 Å². The number of hydrogen-bond acceptors (Lipinski definition) is 7.